The van der Waals surface area contributed by atoms with E-state index in [1.165, 1.54) is 110 Å². The van der Waals surface area contributed by atoms with Gasteiger partial charge in [-0.15, -0.1) is 0 Å². The fourth-order valence-corrected chi connectivity index (χ4v) is 14.5. The van der Waals surface area contributed by atoms with Crippen LogP contribution in [0.15, 0.2) is 303 Å². The van der Waals surface area contributed by atoms with Crippen molar-refractivity contribution in [3.63, 3.8) is 0 Å². The molecule has 0 atom stereocenters. The maximum Gasteiger partial charge on any atom is 0.113 e. The Hall–Kier alpha value is -11.8. The zero-order valence-electron chi connectivity index (χ0n) is 49.0. The second kappa shape index (κ2) is 21.2. The SMILES string of the molecule is Clc1cccc2nc(-c3ccccc3)c(-c3ccccc3)nc12.c1ccc(-c2nc3cccc(-n4c5cccc6c5c5c7c(cccc7ccc54)-c4ccccc4-6)c3nc2-c2ccccc2)cc1.c1ccc2c(c1)-c1cccc3ccc4[nH]c5cccc-2c5c4c13. The molecule has 18 aromatic rings. The number of para-hydroxylation sites is 2. The lowest BCUT2D eigenvalue weighted by molar-refractivity contribution is 1.17. The lowest BCUT2D eigenvalue weighted by Crippen LogP contribution is -2.01. The average Bonchev–Trinajstić information content (AvgIpc) is 1.59. The summed E-state index contributed by atoms with van der Waals surface area (Å²) in [4.78, 5) is 24.0. The number of hydrogen-bond donors (Lipinski definition) is 1. The van der Waals surface area contributed by atoms with Crippen LogP contribution in [-0.2, 0) is 0 Å². The summed E-state index contributed by atoms with van der Waals surface area (Å²) in [5.74, 6) is 0. The Balaban J connectivity index is 0.000000112. The minimum Gasteiger partial charge on any atom is -0.354 e. The van der Waals surface area contributed by atoms with Crippen molar-refractivity contribution in [3.05, 3.63) is 308 Å². The molecule has 0 amide bonds. The van der Waals surface area contributed by atoms with Gasteiger partial charge < -0.3 is 9.55 Å². The predicted octanol–water partition coefficient (Wildman–Crippen LogP) is 22.6. The smallest absolute Gasteiger partial charge is 0.113 e. The first-order valence-corrected chi connectivity index (χ1v) is 31.1. The molecule has 2 aliphatic rings. The van der Waals surface area contributed by atoms with Crippen molar-refractivity contribution in [1.82, 2.24) is 29.5 Å². The van der Waals surface area contributed by atoms with Crippen LogP contribution in [-0.4, -0.2) is 29.5 Å². The molecule has 4 heterocycles. The number of nitrogens with zero attached hydrogens (tertiary/aromatic N) is 5. The third-order valence-electron chi connectivity index (χ3n) is 18.2. The van der Waals surface area contributed by atoms with Crippen molar-refractivity contribution in [2.24, 2.45) is 0 Å². The summed E-state index contributed by atoms with van der Waals surface area (Å²) < 4.78 is 2.41. The molecule has 0 saturated heterocycles. The van der Waals surface area contributed by atoms with Crippen LogP contribution < -0.4 is 0 Å². The topological polar surface area (TPSA) is 72.3 Å². The van der Waals surface area contributed by atoms with E-state index in [4.69, 9.17) is 31.5 Å². The lowest BCUT2D eigenvalue weighted by Gasteiger charge is -2.16. The molecule has 0 aliphatic heterocycles. The van der Waals surface area contributed by atoms with Crippen LogP contribution in [0.4, 0.5) is 0 Å². The van der Waals surface area contributed by atoms with Gasteiger partial charge in [-0.3, -0.25) is 0 Å². The van der Waals surface area contributed by atoms with Gasteiger partial charge in [0.25, 0.3) is 0 Å². The highest BCUT2D eigenvalue weighted by atomic mass is 35.5. The first-order chi connectivity index (χ1) is 45.1. The highest BCUT2D eigenvalue weighted by Crippen LogP contribution is 2.51. The largest absolute Gasteiger partial charge is 0.354 e. The van der Waals surface area contributed by atoms with E-state index < -0.39 is 0 Å². The maximum absolute atomic E-state index is 6.31. The number of aromatic nitrogens is 6. The predicted molar refractivity (Wildman–Crippen MR) is 380 cm³/mol. The van der Waals surface area contributed by atoms with E-state index in [-0.39, 0.29) is 0 Å². The molecule has 424 valence electrons. The van der Waals surface area contributed by atoms with E-state index in [9.17, 15) is 0 Å². The highest BCUT2D eigenvalue weighted by molar-refractivity contribution is 6.35. The van der Waals surface area contributed by atoms with Crippen LogP contribution in [0.25, 0.3) is 182 Å². The molecule has 2 aliphatic carbocycles. The Morgan fingerprint density at radius 2 is 0.637 bits per heavy atom. The number of rotatable bonds is 5. The van der Waals surface area contributed by atoms with Crippen LogP contribution in [0.5, 0.6) is 0 Å². The number of hydrogen-bond acceptors (Lipinski definition) is 4. The minimum absolute atomic E-state index is 0.617. The summed E-state index contributed by atoms with van der Waals surface area (Å²) in [5.41, 5.74) is 27.1. The van der Waals surface area contributed by atoms with Gasteiger partial charge in [-0.2, -0.15) is 0 Å². The molecule has 0 fully saturated rings. The van der Waals surface area contributed by atoms with Gasteiger partial charge in [0.15, 0.2) is 0 Å². The van der Waals surface area contributed by atoms with Crippen molar-refractivity contribution < 1.29 is 0 Å². The molecule has 0 bridgehead atoms. The van der Waals surface area contributed by atoms with Crippen LogP contribution in [0, 0.1) is 0 Å². The minimum atomic E-state index is 0.617. The molecule has 1 N–H and O–H groups in total. The number of H-pyrrole nitrogens is 1. The standard InChI is InChI=1S/C42H25N3.C22H13N.C20H13ClN2/c1-3-12-27(13-4-1)40-41(28-14-5-2-6-15-28)44-42-33(43-40)21-11-23-36(42)45-34-22-10-20-32-30-18-8-7-17-29(30)31-19-9-16-26-24-25-35(45)39(37(26)31)38(32)34;1-2-7-15-14(6-1)16-8-3-5-13-11-12-19-22(20(13)16)21-17(15)9-4-10-18(21)23-19;21-16-12-7-13-17-20(16)23-19(15-10-5-2-6-11-15)18(22-17)14-8-3-1-4-9-14/h1-25H;1-12,23H;1-13H. The fraction of sp³-hybridized carbons (Fsp3) is 0. The Labute approximate surface area is 528 Å². The molecule has 6 nitrogen and oxygen atoms in total. The van der Waals surface area contributed by atoms with E-state index in [1.54, 1.807) is 0 Å². The van der Waals surface area contributed by atoms with Crippen molar-refractivity contribution in [2.75, 3.05) is 0 Å². The van der Waals surface area contributed by atoms with Crippen LogP contribution in [0.3, 0.4) is 0 Å². The Bertz CT molecular complexity index is 5940. The summed E-state index contributed by atoms with van der Waals surface area (Å²) in [6.07, 6.45) is 0. The van der Waals surface area contributed by atoms with Gasteiger partial charge >= 0.3 is 0 Å². The molecule has 0 spiro atoms. The highest BCUT2D eigenvalue weighted by Gasteiger charge is 2.27. The quantitative estimate of drug-likeness (QED) is 0.186. The Morgan fingerprint density at radius 1 is 0.253 bits per heavy atom. The van der Waals surface area contributed by atoms with Gasteiger partial charge in [-0.25, -0.2) is 19.9 Å². The first-order valence-electron chi connectivity index (χ1n) is 30.7. The molecular formula is C84H51ClN6. The second-order valence-corrected chi connectivity index (χ2v) is 23.7. The van der Waals surface area contributed by atoms with E-state index in [0.29, 0.717) is 5.02 Å². The van der Waals surface area contributed by atoms with Gasteiger partial charge in [-0.1, -0.05) is 266 Å². The lowest BCUT2D eigenvalue weighted by atomic mass is 9.93. The maximum atomic E-state index is 6.31. The fourth-order valence-electron chi connectivity index (χ4n) is 14.3. The molecule has 14 aromatic carbocycles. The summed E-state index contributed by atoms with van der Waals surface area (Å²) in [5, 5.41) is 11.1. The molecule has 7 heteroatoms. The summed E-state index contributed by atoms with van der Waals surface area (Å²) in [6.45, 7) is 0. The molecular weight excluding hydrogens is 1130 g/mol. The van der Waals surface area contributed by atoms with E-state index >= 15 is 0 Å². The van der Waals surface area contributed by atoms with Gasteiger partial charge in [0.1, 0.15) is 11.0 Å². The summed E-state index contributed by atoms with van der Waals surface area (Å²) in [6, 6.07) is 106. The number of halogens is 1. The Kier molecular flexibility index (Phi) is 12.2. The second-order valence-electron chi connectivity index (χ2n) is 23.3. The molecule has 0 radical (unpaired) electrons. The van der Waals surface area contributed by atoms with Gasteiger partial charge in [0.05, 0.1) is 55.6 Å². The van der Waals surface area contributed by atoms with E-state index in [2.05, 4.69) is 222 Å². The van der Waals surface area contributed by atoms with Crippen molar-refractivity contribution in [2.45, 2.75) is 0 Å². The molecule has 0 saturated carbocycles. The average molecular weight is 1180 g/mol. The number of aromatic amines is 1. The molecule has 20 rings (SSSR count). The van der Waals surface area contributed by atoms with Crippen LogP contribution >= 0.6 is 11.6 Å². The molecule has 4 aromatic heterocycles. The van der Waals surface area contributed by atoms with Gasteiger partial charge in [-0.05, 0) is 115 Å². The van der Waals surface area contributed by atoms with Crippen molar-refractivity contribution >= 4 is 98.8 Å². The van der Waals surface area contributed by atoms with Crippen molar-refractivity contribution in [1.29, 1.82) is 0 Å². The van der Waals surface area contributed by atoms with Crippen LogP contribution in [0.1, 0.15) is 0 Å². The monoisotopic (exact) mass is 1180 g/mol. The third-order valence-corrected chi connectivity index (χ3v) is 18.5. The normalized spacial score (nSPS) is 11.8. The van der Waals surface area contributed by atoms with E-state index in [1.807, 2.05) is 91.0 Å². The zero-order chi connectivity index (χ0) is 60.1. The number of fused-ring (bicyclic) bond motifs is 8. The Morgan fingerprint density at radius 3 is 1.19 bits per heavy atom. The van der Waals surface area contributed by atoms with Gasteiger partial charge in [0.2, 0.25) is 0 Å². The van der Waals surface area contributed by atoms with Crippen molar-refractivity contribution in [3.8, 4) is 95.2 Å². The zero-order valence-corrected chi connectivity index (χ0v) is 49.7. The summed E-state index contributed by atoms with van der Waals surface area (Å²) >= 11 is 6.31. The number of benzene rings is 14. The summed E-state index contributed by atoms with van der Waals surface area (Å²) in [7, 11) is 0. The first kappa shape index (κ1) is 52.3. The van der Waals surface area contributed by atoms with E-state index in [0.717, 1.165) is 72.8 Å². The molecule has 0 unspecified atom stereocenters. The molecule has 91 heavy (non-hydrogen) atoms. The van der Waals surface area contributed by atoms with Gasteiger partial charge in [0, 0.05) is 54.8 Å². The number of nitrogens with one attached hydrogen (secondary N) is 1. The van der Waals surface area contributed by atoms with Crippen LogP contribution in [0.2, 0.25) is 5.02 Å². The third kappa shape index (κ3) is 8.41.